The van der Waals surface area contributed by atoms with Gasteiger partial charge in [-0.3, -0.25) is 0 Å². The molecule has 0 spiro atoms. The molecule has 0 aromatic heterocycles. The molecule has 0 radical (unpaired) electrons. The van der Waals surface area contributed by atoms with Gasteiger partial charge in [0.05, 0.1) is 6.10 Å². The minimum atomic E-state index is 0.220. The summed E-state index contributed by atoms with van der Waals surface area (Å²) < 4.78 is 5.29. The van der Waals surface area contributed by atoms with Crippen molar-refractivity contribution < 1.29 is 4.74 Å². The van der Waals surface area contributed by atoms with Gasteiger partial charge in [0.1, 0.15) is 0 Å². The van der Waals surface area contributed by atoms with Crippen molar-refractivity contribution >= 4 is 0 Å². The lowest BCUT2D eigenvalue weighted by Crippen LogP contribution is -2.30. The minimum Gasteiger partial charge on any atom is -0.377 e. The molecule has 1 aliphatic rings. The zero-order chi connectivity index (χ0) is 5.98. The Morgan fingerprint density at radius 3 is 2.75 bits per heavy atom. The summed E-state index contributed by atoms with van der Waals surface area (Å²) in [7, 11) is 0. The summed E-state index contributed by atoms with van der Waals surface area (Å²) in [6.45, 7) is 2.90. The molecule has 2 nitrogen and oxygen atoms in total. The van der Waals surface area contributed by atoms with Crippen molar-refractivity contribution in [3.05, 3.63) is 0 Å². The number of nitrogens with two attached hydrogens (primary N) is 1. The first-order valence-electron chi connectivity index (χ1n) is 3.18. The molecule has 0 bridgehead atoms. The smallest absolute Gasteiger partial charge is 0.0724 e. The van der Waals surface area contributed by atoms with E-state index in [0.29, 0.717) is 6.10 Å². The molecule has 48 valence electrons. The Hall–Kier alpha value is -0.0800. The van der Waals surface area contributed by atoms with E-state index in [-0.39, 0.29) is 6.04 Å². The average molecular weight is 115 g/mol. The molecule has 1 saturated heterocycles. The standard InChI is InChI=1S/C6H13NO/c1-5(7)6-3-2-4-8-6/h5-6H,2-4,7H2,1H3/t5?,6-/m0/s1. The molecule has 1 fully saturated rings. The van der Waals surface area contributed by atoms with E-state index in [1.165, 1.54) is 6.42 Å². The normalized spacial score (nSPS) is 33.0. The van der Waals surface area contributed by atoms with Gasteiger partial charge >= 0.3 is 0 Å². The molecular weight excluding hydrogens is 102 g/mol. The van der Waals surface area contributed by atoms with Crippen LogP contribution in [0.15, 0.2) is 0 Å². The van der Waals surface area contributed by atoms with Gasteiger partial charge in [-0.15, -0.1) is 0 Å². The SMILES string of the molecule is CC(N)[C@@H]1CCCO1. The lowest BCUT2D eigenvalue weighted by Gasteiger charge is -2.11. The lowest BCUT2D eigenvalue weighted by atomic mass is 10.1. The van der Waals surface area contributed by atoms with E-state index in [4.69, 9.17) is 10.5 Å². The number of hydrogen-bond donors (Lipinski definition) is 1. The molecule has 0 aromatic carbocycles. The van der Waals surface area contributed by atoms with Crippen LogP contribution in [0.5, 0.6) is 0 Å². The quantitative estimate of drug-likeness (QED) is 0.540. The maximum atomic E-state index is 5.57. The van der Waals surface area contributed by atoms with E-state index in [2.05, 4.69) is 0 Å². The van der Waals surface area contributed by atoms with Crippen LogP contribution < -0.4 is 5.73 Å². The largest absolute Gasteiger partial charge is 0.377 e. The summed E-state index contributed by atoms with van der Waals surface area (Å²) in [4.78, 5) is 0. The third-order valence-corrected chi connectivity index (χ3v) is 1.55. The van der Waals surface area contributed by atoms with Crippen molar-refractivity contribution in [2.75, 3.05) is 6.61 Å². The van der Waals surface area contributed by atoms with Crippen LogP contribution in [0.25, 0.3) is 0 Å². The molecule has 1 unspecified atom stereocenters. The number of hydrogen-bond acceptors (Lipinski definition) is 2. The van der Waals surface area contributed by atoms with Crippen molar-refractivity contribution in [2.45, 2.75) is 31.9 Å². The molecule has 0 saturated carbocycles. The van der Waals surface area contributed by atoms with Crippen molar-refractivity contribution in [3.8, 4) is 0 Å². The van der Waals surface area contributed by atoms with E-state index in [1.54, 1.807) is 0 Å². The molecule has 1 rings (SSSR count). The molecule has 0 aromatic rings. The van der Waals surface area contributed by atoms with Crippen LogP contribution in [-0.2, 0) is 4.74 Å². The zero-order valence-corrected chi connectivity index (χ0v) is 5.26. The van der Waals surface area contributed by atoms with Crippen molar-refractivity contribution in [2.24, 2.45) is 5.73 Å². The highest BCUT2D eigenvalue weighted by molar-refractivity contribution is 4.72. The Bertz CT molecular complexity index is 66.9. The van der Waals surface area contributed by atoms with E-state index in [1.807, 2.05) is 6.92 Å². The van der Waals surface area contributed by atoms with Gasteiger partial charge in [0.25, 0.3) is 0 Å². The van der Waals surface area contributed by atoms with Gasteiger partial charge in [0.2, 0.25) is 0 Å². The highest BCUT2D eigenvalue weighted by Crippen LogP contribution is 2.13. The molecule has 2 N–H and O–H groups in total. The summed E-state index contributed by atoms with van der Waals surface area (Å²) in [6.07, 6.45) is 2.68. The molecule has 2 heteroatoms. The monoisotopic (exact) mass is 115 g/mol. The van der Waals surface area contributed by atoms with Crippen molar-refractivity contribution in [1.29, 1.82) is 0 Å². The Labute approximate surface area is 50.0 Å². The maximum Gasteiger partial charge on any atom is 0.0724 e. The van der Waals surface area contributed by atoms with E-state index in [0.717, 1.165) is 13.0 Å². The van der Waals surface area contributed by atoms with Gasteiger partial charge in [-0.25, -0.2) is 0 Å². The highest BCUT2D eigenvalue weighted by Gasteiger charge is 2.18. The van der Waals surface area contributed by atoms with Crippen LogP contribution in [0, 0.1) is 0 Å². The first kappa shape index (κ1) is 6.05. The fourth-order valence-corrected chi connectivity index (χ4v) is 1.02. The number of ether oxygens (including phenoxy) is 1. The van der Waals surface area contributed by atoms with Crippen LogP contribution in [0.3, 0.4) is 0 Å². The number of rotatable bonds is 1. The second kappa shape index (κ2) is 2.46. The molecule has 8 heavy (non-hydrogen) atoms. The first-order valence-corrected chi connectivity index (χ1v) is 3.18. The fraction of sp³-hybridized carbons (Fsp3) is 1.00. The third-order valence-electron chi connectivity index (χ3n) is 1.55. The molecule has 0 aliphatic carbocycles. The van der Waals surface area contributed by atoms with Crippen LogP contribution in [0.4, 0.5) is 0 Å². The molecule has 1 heterocycles. The summed E-state index contributed by atoms with van der Waals surface area (Å²) in [5, 5.41) is 0. The second-order valence-corrected chi connectivity index (χ2v) is 2.41. The van der Waals surface area contributed by atoms with Crippen LogP contribution >= 0.6 is 0 Å². The highest BCUT2D eigenvalue weighted by atomic mass is 16.5. The van der Waals surface area contributed by atoms with Gasteiger partial charge < -0.3 is 10.5 Å². The second-order valence-electron chi connectivity index (χ2n) is 2.41. The van der Waals surface area contributed by atoms with E-state index < -0.39 is 0 Å². The van der Waals surface area contributed by atoms with Crippen LogP contribution in [-0.4, -0.2) is 18.8 Å². The predicted octanol–water partition coefficient (Wildman–Crippen LogP) is 0.513. The Morgan fingerprint density at radius 1 is 1.75 bits per heavy atom. The zero-order valence-electron chi connectivity index (χ0n) is 5.26. The Kier molecular flexibility index (Phi) is 1.86. The summed E-state index contributed by atoms with van der Waals surface area (Å²) in [6, 6.07) is 0.220. The Morgan fingerprint density at radius 2 is 2.50 bits per heavy atom. The van der Waals surface area contributed by atoms with Gasteiger partial charge in [-0.05, 0) is 19.8 Å². The predicted molar refractivity (Wildman–Crippen MR) is 32.6 cm³/mol. The van der Waals surface area contributed by atoms with E-state index in [9.17, 15) is 0 Å². The molecular formula is C6H13NO. The first-order chi connectivity index (χ1) is 3.80. The molecule has 2 atom stereocenters. The average Bonchev–Trinajstić information content (AvgIpc) is 2.12. The maximum absolute atomic E-state index is 5.57. The van der Waals surface area contributed by atoms with Gasteiger partial charge in [-0.1, -0.05) is 0 Å². The fourth-order valence-electron chi connectivity index (χ4n) is 1.02. The minimum absolute atomic E-state index is 0.220. The van der Waals surface area contributed by atoms with Gasteiger partial charge in [0, 0.05) is 12.6 Å². The summed E-state index contributed by atoms with van der Waals surface area (Å²) >= 11 is 0. The van der Waals surface area contributed by atoms with Gasteiger partial charge in [-0.2, -0.15) is 0 Å². The lowest BCUT2D eigenvalue weighted by molar-refractivity contribution is 0.0947. The van der Waals surface area contributed by atoms with Crippen molar-refractivity contribution in [3.63, 3.8) is 0 Å². The summed E-state index contributed by atoms with van der Waals surface area (Å²) in [5.41, 5.74) is 5.57. The third kappa shape index (κ3) is 1.20. The van der Waals surface area contributed by atoms with Crippen LogP contribution in [0.1, 0.15) is 19.8 Å². The summed E-state index contributed by atoms with van der Waals surface area (Å²) in [5.74, 6) is 0. The molecule has 0 amide bonds. The molecule has 1 aliphatic heterocycles. The van der Waals surface area contributed by atoms with Crippen molar-refractivity contribution in [1.82, 2.24) is 0 Å². The van der Waals surface area contributed by atoms with Crippen LogP contribution in [0.2, 0.25) is 0 Å². The van der Waals surface area contributed by atoms with E-state index >= 15 is 0 Å². The Balaban J connectivity index is 2.24. The van der Waals surface area contributed by atoms with Gasteiger partial charge in [0.15, 0.2) is 0 Å². The topological polar surface area (TPSA) is 35.2 Å².